The Balaban J connectivity index is 1.45. The van der Waals surface area contributed by atoms with Crippen LogP contribution in [0.2, 0.25) is 0 Å². The van der Waals surface area contributed by atoms with Gasteiger partial charge in [0.2, 0.25) is 11.8 Å². The number of hydrogen-bond donors (Lipinski definition) is 3. The van der Waals surface area contributed by atoms with E-state index in [1.165, 1.54) is 0 Å². The topological polar surface area (TPSA) is 97.8 Å². The average Bonchev–Trinajstić information content (AvgIpc) is 3.40. The van der Waals surface area contributed by atoms with Crippen LogP contribution < -0.4 is 10.6 Å². The summed E-state index contributed by atoms with van der Waals surface area (Å²) < 4.78 is 1.14. The van der Waals surface area contributed by atoms with E-state index in [2.05, 4.69) is 15.6 Å². The zero-order valence-electron chi connectivity index (χ0n) is 16.9. The number of para-hydroxylation sites is 1. The van der Waals surface area contributed by atoms with E-state index in [0.29, 0.717) is 12.8 Å². The van der Waals surface area contributed by atoms with Crippen molar-refractivity contribution in [2.45, 2.75) is 25.3 Å². The summed E-state index contributed by atoms with van der Waals surface area (Å²) in [5.41, 5.74) is 3.12. The summed E-state index contributed by atoms with van der Waals surface area (Å²) >= 11 is 1.61. The normalized spacial score (nSPS) is 11.8. The van der Waals surface area contributed by atoms with E-state index < -0.39 is 6.04 Å². The van der Waals surface area contributed by atoms with Crippen LogP contribution in [0.1, 0.15) is 17.5 Å². The standard InChI is InChI=1S/C24H22N4O2S/c25-11-12-26-24(30)21(13-17-15-31-22-8-4-2-6-19(17)22)28-23(29)10-9-16-14-27-20-7-3-1-5-18(16)20/h1-8,14-15,21,27H,9-10,12-13H2,(H,26,30)(H,28,29). The first-order valence-electron chi connectivity index (χ1n) is 10.1. The predicted molar refractivity (Wildman–Crippen MR) is 123 cm³/mol. The number of nitriles is 1. The molecule has 0 saturated heterocycles. The van der Waals surface area contributed by atoms with Gasteiger partial charge in [-0.1, -0.05) is 36.4 Å². The summed E-state index contributed by atoms with van der Waals surface area (Å²) in [5, 5.41) is 18.5. The first kappa shape index (κ1) is 20.6. The summed E-state index contributed by atoms with van der Waals surface area (Å²) in [6, 6.07) is 17.1. The molecule has 2 amide bonds. The van der Waals surface area contributed by atoms with Crippen LogP contribution in [0.5, 0.6) is 0 Å². The van der Waals surface area contributed by atoms with Crippen molar-refractivity contribution in [2.75, 3.05) is 6.54 Å². The number of H-pyrrole nitrogens is 1. The molecule has 2 aromatic heterocycles. The maximum atomic E-state index is 12.7. The van der Waals surface area contributed by atoms with E-state index in [1.54, 1.807) is 11.3 Å². The second-order valence-corrected chi connectivity index (χ2v) is 8.23. The number of hydrogen-bond acceptors (Lipinski definition) is 4. The van der Waals surface area contributed by atoms with Crippen LogP contribution in [0.15, 0.2) is 60.1 Å². The van der Waals surface area contributed by atoms with Gasteiger partial charge in [0, 0.05) is 34.6 Å². The molecule has 0 bridgehead atoms. The number of benzene rings is 2. The van der Waals surface area contributed by atoms with Crippen LogP contribution in [0.3, 0.4) is 0 Å². The van der Waals surface area contributed by atoms with Gasteiger partial charge < -0.3 is 15.6 Å². The fourth-order valence-electron chi connectivity index (χ4n) is 3.72. The number of carbonyl (C=O) groups excluding carboxylic acids is 2. The molecular weight excluding hydrogens is 408 g/mol. The van der Waals surface area contributed by atoms with E-state index in [9.17, 15) is 9.59 Å². The van der Waals surface area contributed by atoms with Crippen molar-refractivity contribution in [3.05, 3.63) is 71.2 Å². The Kier molecular flexibility index (Phi) is 6.29. The van der Waals surface area contributed by atoms with Crippen LogP contribution in [-0.4, -0.2) is 29.4 Å². The number of aromatic amines is 1. The third-order valence-electron chi connectivity index (χ3n) is 5.27. The lowest BCUT2D eigenvalue weighted by Crippen LogP contribution is -2.48. The minimum absolute atomic E-state index is 0.0923. The van der Waals surface area contributed by atoms with Crippen molar-refractivity contribution in [3.63, 3.8) is 0 Å². The van der Waals surface area contributed by atoms with E-state index >= 15 is 0 Å². The fourth-order valence-corrected chi connectivity index (χ4v) is 4.70. The molecule has 0 radical (unpaired) electrons. The van der Waals surface area contributed by atoms with E-state index in [-0.39, 0.29) is 24.8 Å². The maximum absolute atomic E-state index is 12.7. The maximum Gasteiger partial charge on any atom is 0.243 e. The molecule has 0 spiro atoms. The zero-order chi connectivity index (χ0) is 21.6. The second-order valence-electron chi connectivity index (χ2n) is 7.32. The molecule has 0 fully saturated rings. The number of amides is 2. The highest BCUT2D eigenvalue weighted by Crippen LogP contribution is 2.26. The molecule has 1 atom stereocenters. The summed E-state index contributed by atoms with van der Waals surface area (Å²) in [7, 11) is 0. The second kappa shape index (κ2) is 9.45. The number of aryl methyl sites for hydroxylation is 1. The first-order chi connectivity index (χ1) is 15.2. The molecule has 0 aliphatic carbocycles. The molecule has 2 aromatic carbocycles. The van der Waals surface area contributed by atoms with Gasteiger partial charge in [-0.3, -0.25) is 9.59 Å². The molecular formula is C24H22N4O2S. The molecule has 2 heterocycles. The van der Waals surface area contributed by atoms with Crippen molar-refractivity contribution in [3.8, 4) is 6.07 Å². The van der Waals surface area contributed by atoms with Crippen LogP contribution in [0.4, 0.5) is 0 Å². The molecule has 0 aliphatic rings. The van der Waals surface area contributed by atoms with Crippen molar-refractivity contribution in [2.24, 2.45) is 0 Å². The molecule has 0 aliphatic heterocycles. The highest BCUT2D eigenvalue weighted by molar-refractivity contribution is 7.17. The van der Waals surface area contributed by atoms with Gasteiger partial charge in [0.25, 0.3) is 0 Å². The molecule has 7 heteroatoms. The number of nitrogens with one attached hydrogen (secondary N) is 3. The Labute approximate surface area is 183 Å². The summed E-state index contributed by atoms with van der Waals surface area (Å²) in [6.45, 7) is -0.0923. The number of aromatic nitrogens is 1. The monoisotopic (exact) mass is 430 g/mol. The molecule has 4 rings (SSSR count). The highest BCUT2D eigenvalue weighted by atomic mass is 32.1. The number of fused-ring (bicyclic) bond motifs is 2. The average molecular weight is 431 g/mol. The van der Waals surface area contributed by atoms with Gasteiger partial charge in [0.05, 0.1) is 6.07 Å². The van der Waals surface area contributed by atoms with Gasteiger partial charge >= 0.3 is 0 Å². The van der Waals surface area contributed by atoms with Crippen LogP contribution in [-0.2, 0) is 22.4 Å². The Morgan fingerprint density at radius 1 is 1.06 bits per heavy atom. The lowest BCUT2D eigenvalue weighted by molar-refractivity contribution is -0.128. The Morgan fingerprint density at radius 3 is 2.68 bits per heavy atom. The van der Waals surface area contributed by atoms with Crippen LogP contribution in [0, 0.1) is 11.3 Å². The number of rotatable bonds is 8. The quantitative estimate of drug-likeness (QED) is 0.372. The number of nitrogens with zero attached hydrogens (tertiary/aromatic N) is 1. The molecule has 3 N–H and O–H groups in total. The highest BCUT2D eigenvalue weighted by Gasteiger charge is 2.22. The third-order valence-corrected chi connectivity index (χ3v) is 6.29. The van der Waals surface area contributed by atoms with Crippen molar-refractivity contribution >= 4 is 44.1 Å². The van der Waals surface area contributed by atoms with Crippen LogP contribution in [0.25, 0.3) is 21.0 Å². The summed E-state index contributed by atoms with van der Waals surface area (Å²) in [4.78, 5) is 28.5. The number of thiophene rings is 1. The molecule has 31 heavy (non-hydrogen) atoms. The molecule has 0 saturated carbocycles. The third kappa shape index (κ3) is 4.76. The fraction of sp³-hybridized carbons (Fsp3) is 0.208. The lowest BCUT2D eigenvalue weighted by atomic mass is 10.0. The minimum Gasteiger partial charge on any atom is -0.361 e. The first-order valence-corrected chi connectivity index (χ1v) is 11.0. The molecule has 1 unspecified atom stereocenters. The Hall–Kier alpha value is -3.63. The Bertz CT molecular complexity index is 1270. The minimum atomic E-state index is -0.734. The largest absolute Gasteiger partial charge is 0.361 e. The van der Waals surface area contributed by atoms with E-state index in [1.807, 2.05) is 66.2 Å². The van der Waals surface area contributed by atoms with Crippen molar-refractivity contribution in [1.82, 2.24) is 15.6 Å². The lowest BCUT2D eigenvalue weighted by Gasteiger charge is -2.17. The molecule has 6 nitrogen and oxygen atoms in total. The van der Waals surface area contributed by atoms with Gasteiger partial charge in [0.15, 0.2) is 0 Å². The van der Waals surface area contributed by atoms with Gasteiger partial charge in [-0.15, -0.1) is 11.3 Å². The summed E-state index contributed by atoms with van der Waals surface area (Å²) in [6.07, 6.45) is 3.14. The molecule has 4 aromatic rings. The van der Waals surface area contributed by atoms with Gasteiger partial charge in [-0.2, -0.15) is 5.26 Å². The summed E-state index contributed by atoms with van der Waals surface area (Å²) in [5.74, 6) is -0.542. The smallest absolute Gasteiger partial charge is 0.243 e. The van der Waals surface area contributed by atoms with Gasteiger partial charge in [0.1, 0.15) is 12.6 Å². The van der Waals surface area contributed by atoms with Gasteiger partial charge in [-0.25, -0.2) is 0 Å². The predicted octanol–water partition coefficient (Wildman–Crippen LogP) is 3.68. The van der Waals surface area contributed by atoms with Crippen molar-refractivity contribution in [1.29, 1.82) is 5.26 Å². The Morgan fingerprint density at radius 2 is 1.84 bits per heavy atom. The van der Waals surface area contributed by atoms with Crippen LogP contribution >= 0.6 is 11.3 Å². The SMILES string of the molecule is N#CCNC(=O)C(Cc1csc2ccccc12)NC(=O)CCc1c[nH]c2ccccc12. The van der Waals surface area contributed by atoms with E-state index in [0.717, 1.165) is 32.1 Å². The number of carbonyl (C=O) groups is 2. The van der Waals surface area contributed by atoms with Crippen molar-refractivity contribution < 1.29 is 9.59 Å². The van der Waals surface area contributed by atoms with E-state index in [4.69, 9.17) is 5.26 Å². The van der Waals surface area contributed by atoms with Gasteiger partial charge in [-0.05, 0) is 40.4 Å². The molecule has 156 valence electrons. The zero-order valence-corrected chi connectivity index (χ0v) is 17.7.